The first-order valence-electron chi connectivity index (χ1n) is 13.3. The van der Waals surface area contributed by atoms with Crippen LogP contribution in [0.3, 0.4) is 0 Å². The fraction of sp³-hybridized carbons (Fsp3) is 0.323. The molecule has 8 heteroatoms. The summed E-state index contributed by atoms with van der Waals surface area (Å²) in [6.45, 7) is 14.0. The number of H-pyrrole nitrogens is 1. The van der Waals surface area contributed by atoms with E-state index in [1.807, 2.05) is 37.3 Å². The molecule has 0 saturated heterocycles. The summed E-state index contributed by atoms with van der Waals surface area (Å²) in [5, 5.41) is 0.322. The quantitative estimate of drug-likeness (QED) is 0.202. The molecule has 2 aromatic carbocycles. The second-order valence-electron chi connectivity index (χ2n) is 9.94. The molecule has 1 saturated carbocycles. The van der Waals surface area contributed by atoms with Gasteiger partial charge in [-0.2, -0.15) is 0 Å². The third-order valence-corrected chi connectivity index (χ3v) is 6.97. The molecule has 0 spiro atoms. The highest BCUT2D eigenvalue weighted by molar-refractivity contribution is 6.22. The number of carbonyl (C=O) groups excluding carboxylic acids is 1. The molecule has 1 fully saturated rings. The van der Waals surface area contributed by atoms with Crippen molar-refractivity contribution < 1.29 is 9.18 Å². The average molecular weight is 529 g/mol. The van der Waals surface area contributed by atoms with Gasteiger partial charge in [0.15, 0.2) is 0 Å². The number of nitrogens with zero attached hydrogens (tertiary/aromatic N) is 4. The molecule has 7 nitrogen and oxygen atoms in total. The van der Waals surface area contributed by atoms with Crippen molar-refractivity contribution in [3.63, 3.8) is 0 Å². The second-order valence-corrected chi connectivity index (χ2v) is 9.94. The molecular weight excluding hydrogens is 491 g/mol. The van der Waals surface area contributed by atoms with Gasteiger partial charge in [0.25, 0.3) is 5.91 Å². The Morgan fingerprint density at radius 1 is 1.15 bits per heavy atom. The Bertz CT molecular complexity index is 1430. The van der Waals surface area contributed by atoms with Gasteiger partial charge in [0.05, 0.1) is 11.6 Å². The smallest absolute Gasteiger partial charge is 0.253 e. The number of likely N-dealkylation sites (N-methyl/N-ethyl adjacent to an activating group) is 2. The van der Waals surface area contributed by atoms with Crippen LogP contribution in [0.5, 0.6) is 0 Å². The highest BCUT2D eigenvalue weighted by Gasteiger charge is 2.22. The summed E-state index contributed by atoms with van der Waals surface area (Å²) in [6.07, 6.45) is 4.14. The van der Waals surface area contributed by atoms with E-state index in [1.165, 1.54) is 6.07 Å². The average Bonchev–Trinajstić information content (AvgIpc) is 3.62. The molecule has 0 bridgehead atoms. The van der Waals surface area contributed by atoms with Crippen LogP contribution in [0.2, 0.25) is 0 Å². The molecule has 0 unspecified atom stereocenters. The molecule has 1 heterocycles. The lowest BCUT2D eigenvalue weighted by molar-refractivity contribution is -0.123. The fourth-order valence-electron chi connectivity index (χ4n) is 4.60. The van der Waals surface area contributed by atoms with E-state index in [1.54, 1.807) is 24.2 Å². The van der Waals surface area contributed by atoms with Gasteiger partial charge in [-0.05, 0) is 43.9 Å². The van der Waals surface area contributed by atoms with Gasteiger partial charge in [-0.25, -0.2) is 9.38 Å². The van der Waals surface area contributed by atoms with Crippen molar-refractivity contribution in [2.24, 2.45) is 15.7 Å². The molecule has 1 aliphatic carbocycles. The molecule has 1 aromatic heterocycles. The Kier molecular flexibility index (Phi) is 8.64. The van der Waals surface area contributed by atoms with Gasteiger partial charge < -0.3 is 20.5 Å². The van der Waals surface area contributed by atoms with Gasteiger partial charge in [-0.3, -0.25) is 9.79 Å². The number of aromatic amines is 1. The minimum absolute atomic E-state index is 0.221. The molecule has 3 N–H and O–H groups in total. The van der Waals surface area contributed by atoms with E-state index in [4.69, 9.17) is 5.73 Å². The van der Waals surface area contributed by atoms with Gasteiger partial charge in [-0.15, -0.1) is 0 Å². The minimum atomic E-state index is -0.431. The number of carbonyl (C=O) groups is 1. The van der Waals surface area contributed by atoms with Crippen LogP contribution in [0.25, 0.3) is 22.2 Å². The van der Waals surface area contributed by atoms with E-state index >= 15 is 4.39 Å². The molecule has 4 rings (SSSR count). The zero-order chi connectivity index (χ0) is 28.1. The summed E-state index contributed by atoms with van der Waals surface area (Å²) in [7, 11) is 1.73. The zero-order valence-corrected chi connectivity index (χ0v) is 23.0. The highest BCUT2D eigenvalue weighted by Crippen LogP contribution is 2.30. The Balaban J connectivity index is 1.47. The van der Waals surface area contributed by atoms with Crippen LogP contribution in [0.1, 0.15) is 43.4 Å². The van der Waals surface area contributed by atoms with Gasteiger partial charge >= 0.3 is 0 Å². The number of aliphatic imine (C=N–C) groups is 2. The van der Waals surface area contributed by atoms with Gasteiger partial charge in [-0.1, -0.05) is 49.6 Å². The number of amides is 1. The Labute approximate surface area is 229 Å². The number of benzene rings is 2. The molecule has 1 aliphatic rings. The Morgan fingerprint density at radius 3 is 2.54 bits per heavy atom. The van der Waals surface area contributed by atoms with Crippen LogP contribution in [0.4, 0.5) is 4.39 Å². The predicted octanol–water partition coefficient (Wildman–Crippen LogP) is 5.25. The number of fused-ring (bicyclic) bond motifs is 1. The molecule has 204 valence electrons. The molecule has 3 aromatic rings. The van der Waals surface area contributed by atoms with E-state index in [9.17, 15) is 4.79 Å². The number of rotatable bonds is 11. The molecule has 0 radical (unpaired) electrons. The second kappa shape index (κ2) is 12.1. The van der Waals surface area contributed by atoms with E-state index in [2.05, 4.69) is 40.0 Å². The summed E-state index contributed by atoms with van der Waals surface area (Å²) >= 11 is 0. The number of hydrogen-bond acceptors (Lipinski definition) is 3. The van der Waals surface area contributed by atoms with Crippen LogP contribution in [0.15, 0.2) is 71.8 Å². The maximum Gasteiger partial charge on any atom is 0.253 e. The summed E-state index contributed by atoms with van der Waals surface area (Å²) in [5.74, 6) is 0.347. The first kappa shape index (κ1) is 27.8. The maximum atomic E-state index is 15.0. The summed E-state index contributed by atoms with van der Waals surface area (Å²) in [4.78, 5) is 29.1. The predicted molar refractivity (Wildman–Crippen MR) is 159 cm³/mol. The zero-order valence-electron chi connectivity index (χ0n) is 23.0. The molecule has 1 amide bonds. The van der Waals surface area contributed by atoms with Crippen LogP contribution in [0, 0.1) is 5.82 Å². The summed E-state index contributed by atoms with van der Waals surface area (Å²) < 4.78 is 15.0. The van der Waals surface area contributed by atoms with Crippen molar-refractivity contribution >= 4 is 39.8 Å². The van der Waals surface area contributed by atoms with Gasteiger partial charge in [0.2, 0.25) is 0 Å². The van der Waals surface area contributed by atoms with Crippen LogP contribution < -0.4 is 5.73 Å². The molecule has 39 heavy (non-hydrogen) atoms. The lowest BCUT2D eigenvalue weighted by atomic mass is 10.0. The fourth-order valence-corrected chi connectivity index (χ4v) is 4.60. The van der Waals surface area contributed by atoms with Crippen molar-refractivity contribution in [1.29, 1.82) is 0 Å². The first-order valence-corrected chi connectivity index (χ1v) is 13.3. The van der Waals surface area contributed by atoms with E-state index in [0.29, 0.717) is 53.7 Å². The number of halogens is 1. The van der Waals surface area contributed by atoms with Crippen LogP contribution >= 0.6 is 0 Å². The monoisotopic (exact) mass is 528 g/mol. The molecular formula is C31H37FN6O. The summed E-state index contributed by atoms with van der Waals surface area (Å²) in [5.41, 5.74) is 10.1. The van der Waals surface area contributed by atoms with Crippen LogP contribution in [-0.4, -0.2) is 65.1 Å². The third kappa shape index (κ3) is 6.63. The normalized spacial score (nSPS) is 13.9. The first-order chi connectivity index (χ1) is 18.7. The van der Waals surface area contributed by atoms with Crippen molar-refractivity contribution in [3.8, 4) is 0 Å². The van der Waals surface area contributed by atoms with Crippen molar-refractivity contribution in [3.05, 3.63) is 84.3 Å². The van der Waals surface area contributed by atoms with Crippen LogP contribution in [-0.2, 0) is 11.2 Å². The van der Waals surface area contributed by atoms with Crippen molar-refractivity contribution in [2.45, 2.75) is 39.2 Å². The largest absolute Gasteiger partial charge is 0.387 e. The molecule has 0 atom stereocenters. The Hall–Kier alpha value is -4.20. The lowest BCUT2D eigenvalue weighted by Crippen LogP contribution is -2.35. The molecule has 0 aliphatic heterocycles. The number of nitrogens with two attached hydrogens (primary N) is 1. The standard InChI is InChI=1S/C31H37FN6O/c1-6-38(21(3)23-10-8-7-9-11-23)17-16-37(5)31(39)20(2)26-19-34-30-24(12-15-27(32)29(26)30)18-28(33)36-22(4)35-25-13-14-25/h7-12,15,19,25,34H,2-3,6,13-14,16-18H2,1,4-5H3,(H2,33,35,36). The van der Waals surface area contributed by atoms with Gasteiger partial charge in [0, 0.05) is 61.5 Å². The van der Waals surface area contributed by atoms with Gasteiger partial charge in [0.1, 0.15) is 17.5 Å². The third-order valence-electron chi connectivity index (χ3n) is 6.97. The Morgan fingerprint density at radius 2 is 1.87 bits per heavy atom. The van der Waals surface area contributed by atoms with E-state index < -0.39 is 5.82 Å². The summed E-state index contributed by atoms with van der Waals surface area (Å²) in [6, 6.07) is 13.4. The number of hydrogen-bond donors (Lipinski definition) is 2. The van der Waals surface area contributed by atoms with Crippen molar-refractivity contribution in [1.82, 2.24) is 14.8 Å². The number of amidine groups is 2. The lowest BCUT2D eigenvalue weighted by Gasteiger charge is -2.28. The number of nitrogens with one attached hydrogen (secondary N) is 1. The minimum Gasteiger partial charge on any atom is -0.387 e. The number of aromatic nitrogens is 1. The topological polar surface area (TPSA) is 90.1 Å². The van der Waals surface area contributed by atoms with E-state index in [0.717, 1.165) is 36.2 Å². The maximum absolute atomic E-state index is 15.0. The van der Waals surface area contributed by atoms with Crippen molar-refractivity contribution in [2.75, 3.05) is 26.7 Å². The SMILES string of the molecule is C=C(C(=O)N(C)CCN(CC)C(=C)c1ccccc1)c1c[nH]c2c(CC(N)=NC(C)=NC3CC3)ccc(F)c12. The highest BCUT2D eigenvalue weighted by atomic mass is 19.1. The van der Waals surface area contributed by atoms with E-state index in [-0.39, 0.29) is 11.5 Å².